The summed E-state index contributed by atoms with van der Waals surface area (Å²) in [6.07, 6.45) is 8.83. The first kappa shape index (κ1) is 29.2. The van der Waals surface area contributed by atoms with Crippen LogP contribution in [0.3, 0.4) is 0 Å². The largest absolute Gasteiger partial charge is 0.339 e. The standard InChI is InChI=1S/C35H43N5O4S/c1-37(2)45(43,44)36-33(41)23-13-16-28-30(17-23)39-21-35(34(42)40-24-14-15-25(40)20-38(3)19-24)18-29(35)26-11-7-8-12-27(26)32(39)31(28)22-9-5-4-6-10-22/h7-8,11-13,16-17,22,24-25,29H,4-6,9-10,14-15,18-21H2,1-3H3,(H,36,41)/t24?,25?,29-,35-/m0/s1. The van der Waals surface area contributed by atoms with Crippen molar-refractivity contribution in [2.75, 3.05) is 34.2 Å². The van der Waals surface area contributed by atoms with Crippen molar-refractivity contribution in [2.45, 2.75) is 81.8 Å². The smallest absolute Gasteiger partial charge is 0.303 e. The fraction of sp³-hybridized carbons (Fsp3) is 0.543. The Morgan fingerprint density at radius 2 is 1.67 bits per heavy atom. The summed E-state index contributed by atoms with van der Waals surface area (Å²) in [5, 5.41) is 1.11. The highest BCUT2D eigenvalue weighted by molar-refractivity contribution is 7.87. The zero-order valence-corrected chi connectivity index (χ0v) is 27.3. The number of hydrogen-bond donors (Lipinski definition) is 1. The van der Waals surface area contributed by atoms with E-state index in [1.807, 2.05) is 12.1 Å². The number of amides is 2. The van der Waals surface area contributed by atoms with Crippen molar-refractivity contribution >= 4 is 32.9 Å². The number of benzene rings is 2. The summed E-state index contributed by atoms with van der Waals surface area (Å²) >= 11 is 0. The number of nitrogens with zero attached hydrogens (tertiary/aromatic N) is 4. The van der Waals surface area contributed by atoms with Crippen molar-refractivity contribution in [3.05, 3.63) is 59.2 Å². The first-order chi connectivity index (χ1) is 21.6. The average molecular weight is 630 g/mol. The van der Waals surface area contributed by atoms with Gasteiger partial charge in [0.1, 0.15) is 0 Å². The summed E-state index contributed by atoms with van der Waals surface area (Å²) in [7, 11) is 1.01. The second kappa shape index (κ2) is 10.4. The summed E-state index contributed by atoms with van der Waals surface area (Å²) in [5.74, 6) is 0.196. The number of hydrogen-bond acceptors (Lipinski definition) is 5. The fourth-order valence-electron chi connectivity index (χ4n) is 9.24. The quantitative estimate of drug-likeness (QED) is 0.442. The molecule has 1 N–H and O–H groups in total. The van der Waals surface area contributed by atoms with Gasteiger partial charge < -0.3 is 14.4 Å². The molecule has 9 nitrogen and oxygen atoms in total. The van der Waals surface area contributed by atoms with Crippen molar-refractivity contribution in [3.63, 3.8) is 0 Å². The minimum Gasteiger partial charge on any atom is -0.339 e. The Kier molecular flexibility index (Phi) is 6.75. The van der Waals surface area contributed by atoms with Gasteiger partial charge in [0.05, 0.1) is 11.1 Å². The summed E-state index contributed by atoms with van der Waals surface area (Å²) < 4.78 is 30.6. The molecule has 1 aromatic heterocycles. The molecule has 10 heteroatoms. The Labute approximate surface area is 265 Å². The van der Waals surface area contributed by atoms with Crippen LogP contribution in [0.2, 0.25) is 0 Å². The van der Waals surface area contributed by atoms with Gasteiger partial charge in [-0.05, 0) is 68.3 Å². The number of piperazine rings is 1. The number of rotatable bonds is 5. The van der Waals surface area contributed by atoms with E-state index in [1.165, 1.54) is 55.7 Å². The number of likely N-dealkylation sites (tertiary alicyclic amines) is 1. The van der Waals surface area contributed by atoms with Gasteiger partial charge in [-0.3, -0.25) is 9.59 Å². The Balaban J connectivity index is 1.30. The van der Waals surface area contributed by atoms with E-state index in [1.54, 1.807) is 6.07 Å². The Morgan fingerprint density at radius 1 is 0.956 bits per heavy atom. The Bertz CT molecular complexity index is 1810. The SMILES string of the molecule is CN1CC2CCC(C1)N2C(=O)[C@]12C[C@H]1c1ccccc1-c1c(C3CCCCC3)c3ccc(C(=O)NS(=O)(=O)N(C)C)cc3n1C2. The molecule has 3 aliphatic heterocycles. The summed E-state index contributed by atoms with van der Waals surface area (Å²) in [6.45, 7) is 2.42. The lowest BCUT2D eigenvalue weighted by molar-refractivity contribution is -0.143. The minimum atomic E-state index is -3.94. The first-order valence-electron chi connectivity index (χ1n) is 16.6. The monoisotopic (exact) mass is 629 g/mol. The molecule has 8 rings (SSSR count). The van der Waals surface area contributed by atoms with Gasteiger partial charge >= 0.3 is 10.2 Å². The molecule has 2 saturated carbocycles. The van der Waals surface area contributed by atoms with Gasteiger partial charge in [-0.25, -0.2) is 4.72 Å². The molecule has 4 heterocycles. The lowest BCUT2D eigenvalue weighted by Crippen LogP contribution is -2.57. The van der Waals surface area contributed by atoms with Crippen LogP contribution in [0.1, 0.15) is 84.7 Å². The van der Waals surface area contributed by atoms with Gasteiger partial charge in [-0.2, -0.15) is 12.7 Å². The van der Waals surface area contributed by atoms with E-state index in [0.717, 1.165) is 60.4 Å². The van der Waals surface area contributed by atoms with Crippen LogP contribution >= 0.6 is 0 Å². The molecule has 2 amide bonds. The van der Waals surface area contributed by atoms with Crippen LogP contribution in [0.15, 0.2) is 42.5 Å². The predicted molar refractivity (Wildman–Crippen MR) is 174 cm³/mol. The first-order valence-corrected chi connectivity index (χ1v) is 18.0. The second-order valence-corrected chi connectivity index (χ2v) is 16.3. The van der Waals surface area contributed by atoms with Crippen LogP contribution in [0, 0.1) is 5.41 Å². The number of fused-ring (bicyclic) bond motifs is 9. The maximum absolute atomic E-state index is 14.9. The highest BCUT2D eigenvalue weighted by atomic mass is 32.2. The molecule has 2 bridgehead atoms. The third kappa shape index (κ3) is 4.50. The van der Waals surface area contributed by atoms with Crippen molar-refractivity contribution in [1.29, 1.82) is 0 Å². The van der Waals surface area contributed by atoms with Crippen molar-refractivity contribution < 1.29 is 18.0 Å². The molecule has 238 valence electrons. The minimum absolute atomic E-state index is 0.158. The molecule has 3 aromatic rings. The van der Waals surface area contributed by atoms with Crippen LogP contribution in [0.5, 0.6) is 0 Å². The zero-order chi connectivity index (χ0) is 31.2. The van der Waals surface area contributed by atoms with Gasteiger partial charge in [0.2, 0.25) is 5.91 Å². The van der Waals surface area contributed by atoms with Crippen LogP contribution in [-0.2, 0) is 21.5 Å². The van der Waals surface area contributed by atoms with E-state index in [2.05, 4.69) is 50.4 Å². The average Bonchev–Trinajstić information content (AvgIpc) is 3.61. The lowest BCUT2D eigenvalue weighted by atomic mass is 9.81. The summed E-state index contributed by atoms with van der Waals surface area (Å²) in [6, 6.07) is 14.8. The van der Waals surface area contributed by atoms with Crippen molar-refractivity contribution in [3.8, 4) is 11.3 Å². The van der Waals surface area contributed by atoms with E-state index in [4.69, 9.17) is 0 Å². The number of likely N-dealkylation sites (N-methyl/N-ethyl adjacent to an activating group) is 1. The van der Waals surface area contributed by atoms with Crippen molar-refractivity contribution in [1.82, 2.24) is 23.4 Å². The molecule has 2 saturated heterocycles. The molecule has 45 heavy (non-hydrogen) atoms. The van der Waals surface area contributed by atoms with Crippen LogP contribution in [0.4, 0.5) is 0 Å². The van der Waals surface area contributed by atoms with E-state index in [-0.39, 0.29) is 18.0 Å². The Hall–Kier alpha value is -3.21. The molecule has 0 spiro atoms. The molecule has 4 fully saturated rings. The van der Waals surface area contributed by atoms with E-state index in [0.29, 0.717) is 23.9 Å². The molecule has 2 aliphatic carbocycles. The predicted octanol–water partition coefficient (Wildman–Crippen LogP) is 4.68. The van der Waals surface area contributed by atoms with Gasteiger partial charge in [0, 0.05) is 73.8 Å². The van der Waals surface area contributed by atoms with E-state index >= 15 is 0 Å². The van der Waals surface area contributed by atoms with Gasteiger partial charge in [0.25, 0.3) is 5.91 Å². The van der Waals surface area contributed by atoms with Crippen molar-refractivity contribution in [2.24, 2.45) is 5.41 Å². The van der Waals surface area contributed by atoms with Crippen LogP contribution < -0.4 is 4.72 Å². The third-order valence-corrected chi connectivity index (χ3v) is 12.9. The highest BCUT2D eigenvalue weighted by Gasteiger charge is 2.65. The molecule has 5 aliphatic rings. The maximum Gasteiger partial charge on any atom is 0.303 e. The number of carbonyl (C=O) groups excluding carboxylic acids is 2. The topological polar surface area (TPSA) is 95.0 Å². The van der Waals surface area contributed by atoms with Crippen LogP contribution in [0.25, 0.3) is 22.2 Å². The third-order valence-electron chi connectivity index (χ3n) is 11.5. The zero-order valence-electron chi connectivity index (χ0n) is 26.5. The van der Waals surface area contributed by atoms with Gasteiger partial charge in [0.15, 0.2) is 0 Å². The van der Waals surface area contributed by atoms with E-state index in [9.17, 15) is 18.0 Å². The lowest BCUT2D eigenvalue weighted by Gasteiger charge is -2.41. The molecular formula is C35H43N5O4S. The Morgan fingerprint density at radius 3 is 2.38 bits per heavy atom. The number of aromatic nitrogens is 1. The summed E-state index contributed by atoms with van der Waals surface area (Å²) in [4.78, 5) is 32.8. The highest BCUT2D eigenvalue weighted by Crippen LogP contribution is 2.66. The van der Waals surface area contributed by atoms with E-state index < -0.39 is 21.5 Å². The number of nitrogens with one attached hydrogen (secondary N) is 1. The van der Waals surface area contributed by atoms with Gasteiger partial charge in [-0.1, -0.05) is 49.6 Å². The molecule has 4 atom stereocenters. The molecule has 0 radical (unpaired) electrons. The number of carbonyl (C=O) groups is 2. The van der Waals surface area contributed by atoms with Gasteiger partial charge in [-0.15, -0.1) is 0 Å². The molecule has 2 aromatic carbocycles. The van der Waals surface area contributed by atoms with Crippen LogP contribution in [-0.4, -0.2) is 85.2 Å². The normalized spacial score (nSPS) is 28.0. The molecule has 2 unspecified atom stereocenters. The molecular weight excluding hydrogens is 586 g/mol. The second-order valence-electron chi connectivity index (χ2n) is 14.5. The summed E-state index contributed by atoms with van der Waals surface area (Å²) in [5.41, 5.74) is 5.66. The maximum atomic E-state index is 14.9. The fourth-order valence-corrected chi connectivity index (χ4v) is 9.77.